The Morgan fingerprint density at radius 1 is 1.10 bits per heavy atom. The Morgan fingerprint density at radius 2 is 1.76 bits per heavy atom. The third kappa shape index (κ3) is 4.72. The molecule has 1 atom stereocenters. The third-order valence-corrected chi connectivity index (χ3v) is 4.67. The van der Waals surface area contributed by atoms with Gasteiger partial charge >= 0.3 is 0 Å². The van der Waals surface area contributed by atoms with Crippen LogP contribution in [0.15, 0.2) is 46.9 Å². The van der Waals surface area contributed by atoms with Gasteiger partial charge in [0.25, 0.3) is 0 Å². The van der Waals surface area contributed by atoms with Gasteiger partial charge in [0.1, 0.15) is 0 Å². The molecular formula is C17H18BrCl2N. The van der Waals surface area contributed by atoms with E-state index in [2.05, 4.69) is 46.4 Å². The molecule has 0 saturated carbocycles. The van der Waals surface area contributed by atoms with Gasteiger partial charge in [-0.3, -0.25) is 0 Å². The minimum absolute atomic E-state index is 0.333. The molecule has 0 radical (unpaired) electrons. The lowest BCUT2D eigenvalue weighted by Crippen LogP contribution is -2.23. The van der Waals surface area contributed by atoms with Gasteiger partial charge in [0.15, 0.2) is 0 Å². The van der Waals surface area contributed by atoms with Gasteiger partial charge in [0.2, 0.25) is 0 Å². The van der Waals surface area contributed by atoms with E-state index in [0.717, 1.165) is 39.6 Å². The summed E-state index contributed by atoms with van der Waals surface area (Å²) in [4.78, 5) is 0. The zero-order chi connectivity index (χ0) is 15.2. The van der Waals surface area contributed by atoms with Gasteiger partial charge in [-0.15, -0.1) is 0 Å². The van der Waals surface area contributed by atoms with Gasteiger partial charge in [-0.05, 0) is 48.4 Å². The molecule has 0 amide bonds. The predicted molar refractivity (Wildman–Crippen MR) is 95.6 cm³/mol. The van der Waals surface area contributed by atoms with E-state index in [0.29, 0.717) is 5.92 Å². The van der Waals surface area contributed by atoms with Crippen LogP contribution < -0.4 is 5.32 Å². The van der Waals surface area contributed by atoms with E-state index in [1.165, 1.54) is 5.56 Å². The van der Waals surface area contributed by atoms with E-state index in [1.807, 2.05) is 24.3 Å². The lowest BCUT2D eigenvalue weighted by molar-refractivity contribution is 0.595. The fourth-order valence-electron chi connectivity index (χ4n) is 2.36. The smallest absolute Gasteiger partial charge is 0.0453 e. The second kappa shape index (κ2) is 8.19. The van der Waals surface area contributed by atoms with Crippen LogP contribution in [0.1, 0.15) is 24.0 Å². The first-order valence-corrected chi connectivity index (χ1v) is 8.55. The standard InChI is InChI=1S/C17H18BrCl2N/c1-2-21-11-13(12-5-3-6-14(18)9-12)10-15-16(19)7-4-8-17(15)20/h3-9,13,21H,2,10-11H2,1H3. The van der Waals surface area contributed by atoms with Crippen LogP contribution in [0.25, 0.3) is 0 Å². The van der Waals surface area contributed by atoms with E-state index in [4.69, 9.17) is 23.2 Å². The average molecular weight is 387 g/mol. The Balaban J connectivity index is 2.28. The molecule has 112 valence electrons. The van der Waals surface area contributed by atoms with E-state index in [9.17, 15) is 0 Å². The number of hydrogen-bond donors (Lipinski definition) is 1. The van der Waals surface area contributed by atoms with Crippen LogP contribution in [0.3, 0.4) is 0 Å². The SMILES string of the molecule is CCNCC(Cc1c(Cl)cccc1Cl)c1cccc(Br)c1. The molecule has 0 aliphatic rings. The number of benzene rings is 2. The number of nitrogens with one attached hydrogen (secondary N) is 1. The summed E-state index contributed by atoms with van der Waals surface area (Å²) in [7, 11) is 0. The Hall–Kier alpha value is -0.540. The summed E-state index contributed by atoms with van der Waals surface area (Å²) in [6.45, 7) is 3.95. The third-order valence-electron chi connectivity index (χ3n) is 3.47. The molecule has 0 spiro atoms. The highest BCUT2D eigenvalue weighted by molar-refractivity contribution is 9.10. The molecule has 4 heteroatoms. The van der Waals surface area contributed by atoms with Crippen molar-refractivity contribution in [1.29, 1.82) is 0 Å². The Morgan fingerprint density at radius 3 is 2.38 bits per heavy atom. The normalized spacial score (nSPS) is 12.4. The molecule has 1 N–H and O–H groups in total. The summed E-state index contributed by atoms with van der Waals surface area (Å²) in [5.41, 5.74) is 2.30. The molecule has 0 aliphatic carbocycles. The molecule has 1 nitrogen and oxygen atoms in total. The quantitative estimate of drug-likeness (QED) is 0.672. The van der Waals surface area contributed by atoms with Crippen molar-refractivity contribution in [3.05, 3.63) is 68.1 Å². The Bertz CT molecular complexity index is 581. The first kappa shape index (κ1) is 16.8. The second-order valence-electron chi connectivity index (χ2n) is 4.96. The van der Waals surface area contributed by atoms with Gasteiger partial charge in [-0.25, -0.2) is 0 Å². The van der Waals surface area contributed by atoms with E-state index < -0.39 is 0 Å². The highest BCUT2D eigenvalue weighted by atomic mass is 79.9. The van der Waals surface area contributed by atoms with Crippen LogP contribution in [0.2, 0.25) is 10.0 Å². The fraction of sp³-hybridized carbons (Fsp3) is 0.294. The Labute approximate surface area is 144 Å². The lowest BCUT2D eigenvalue weighted by Gasteiger charge is -2.19. The summed E-state index contributed by atoms with van der Waals surface area (Å²) >= 11 is 16.2. The number of halogens is 3. The van der Waals surface area contributed by atoms with Crippen LogP contribution >= 0.6 is 39.1 Å². The predicted octanol–water partition coefficient (Wildman–Crippen LogP) is 5.69. The number of rotatable bonds is 6. The maximum atomic E-state index is 6.31. The van der Waals surface area contributed by atoms with Crippen molar-refractivity contribution in [3.63, 3.8) is 0 Å². The molecule has 0 heterocycles. The molecule has 0 aromatic heterocycles. The van der Waals surface area contributed by atoms with Gasteiger partial charge < -0.3 is 5.32 Å². The average Bonchev–Trinajstić information content (AvgIpc) is 2.46. The van der Waals surface area contributed by atoms with Crippen molar-refractivity contribution < 1.29 is 0 Å². The molecule has 0 aliphatic heterocycles. The molecule has 0 fully saturated rings. The number of hydrogen-bond acceptors (Lipinski definition) is 1. The zero-order valence-corrected chi connectivity index (χ0v) is 15.0. The molecule has 2 aromatic rings. The first-order chi connectivity index (χ1) is 10.1. The van der Waals surface area contributed by atoms with Gasteiger partial charge in [0.05, 0.1) is 0 Å². The highest BCUT2D eigenvalue weighted by Crippen LogP contribution is 2.31. The molecule has 21 heavy (non-hydrogen) atoms. The summed E-state index contributed by atoms with van der Waals surface area (Å²) in [5, 5.41) is 4.89. The summed E-state index contributed by atoms with van der Waals surface area (Å²) in [6, 6.07) is 14.1. The Kier molecular flexibility index (Phi) is 6.56. The van der Waals surface area contributed by atoms with Crippen molar-refractivity contribution >= 4 is 39.1 Å². The van der Waals surface area contributed by atoms with Crippen molar-refractivity contribution in [2.45, 2.75) is 19.3 Å². The summed E-state index contributed by atoms with van der Waals surface area (Å²) in [5.74, 6) is 0.333. The van der Waals surface area contributed by atoms with Crippen LogP contribution in [0.4, 0.5) is 0 Å². The van der Waals surface area contributed by atoms with Crippen LogP contribution in [0.5, 0.6) is 0 Å². The maximum Gasteiger partial charge on any atom is 0.0453 e. The van der Waals surface area contributed by atoms with Crippen molar-refractivity contribution in [2.24, 2.45) is 0 Å². The van der Waals surface area contributed by atoms with Crippen LogP contribution in [-0.4, -0.2) is 13.1 Å². The monoisotopic (exact) mass is 385 g/mol. The lowest BCUT2D eigenvalue weighted by atomic mass is 9.92. The first-order valence-electron chi connectivity index (χ1n) is 7.01. The zero-order valence-electron chi connectivity index (χ0n) is 11.9. The molecule has 0 bridgehead atoms. The molecule has 0 saturated heterocycles. The number of likely N-dealkylation sites (N-methyl/N-ethyl adjacent to an activating group) is 1. The van der Waals surface area contributed by atoms with Crippen molar-refractivity contribution in [1.82, 2.24) is 5.32 Å². The summed E-state index contributed by atoms with van der Waals surface area (Å²) in [6.07, 6.45) is 0.821. The highest BCUT2D eigenvalue weighted by Gasteiger charge is 2.16. The van der Waals surface area contributed by atoms with E-state index >= 15 is 0 Å². The van der Waals surface area contributed by atoms with Crippen LogP contribution in [-0.2, 0) is 6.42 Å². The van der Waals surface area contributed by atoms with Gasteiger partial charge in [-0.1, -0.05) is 64.3 Å². The second-order valence-corrected chi connectivity index (χ2v) is 6.69. The molecule has 2 aromatic carbocycles. The largest absolute Gasteiger partial charge is 0.316 e. The van der Waals surface area contributed by atoms with E-state index in [-0.39, 0.29) is 0 Å². The maximum absolute atomic E-state index is 6.31. The minimum atomic E-state index is 0.333. The van der Waals surface area contributed by atoms with Crippen LogP contribution in [0, 0.1) is 0 Å². The van der Waals surface area contributed by atoms with E-state index in [1.54, 1.807) is 0 Å². The summed E-state index contributed by atoms with van der Waals surface area (Å²) < 4.78 is 1.09. The van der Waals surface area contributed by atoms with Gasteiger partial charge in [0, 0.05) is 27.0 Å². The van der Waals surface area contributed by atoms with Crippen molar-refractivity contribution in [2.75, 3.05) is 13.1 Å². The minimum Gasteiger partial charge on any atom is -0.316 e. The molecule has 1 unspecified atom stereocenters. The molecule has 2 rings (SSSR count). The molecular weight excluding hydrogens is 369 g/mol. The topological polar surface area (TPSA) is 12.0 Å². The van der Waals surface area contributed by atoms with Gasteiger partial charge in [-0.2, -0.15) is 0 Å². The fourth-order valence-corrected chi connectivity index (χ4v) is 3.33. The van der Waals surface area contributed by atoms with Crippen molar-refractivity contribution in [3.8, 4) is 0 Å².